The molecule has 247 valence electrons. The average Bonchev–Trinajstić information content (AvgIpc) is 3.86. The fourth-order valence-electron chi connectivity index (χ4n) is 4.55. The molecule has 0 aliphatic rings. The standard InChI is InChI=1S/C19H16P.C9H8N3.C8H5F3N4.Ir/c1-16-10-8-9-15-19(16)20(17-11-4-2-5-12-17)18-13-6-3-7-14-18;1-7-6-9(12-11-7)8-4-2-3-5-10-8;1-4-2-5(13-12-4)6-3-7(15-14-6)8(9,10)11;/h2-15H,1H2;2-6H,1H3;2-3H,1H3;/q2*-1;-2;/p+1. The van der Waals surface area contributed by atoms with Crippen LogP contribution in [0.1, 0.15) is 22.6 Å². The van der Waals surface area contributed by atoms with Crippen LogP contribution in [0.4, 0.5) is 13.2 Å². The van der Waals surface area contributed by atoms with Crippen LogP contribution in [0.3, 0.4) is 0 Å². The van der Waals surface area contributed by atoms with Gasteiger partial charge in [0.2, 0.25) is 0 Å². The monoisotopic (exact) mass is 841 g/mol. The van der Waals surface area contributed by atoms with Crippen molar-refractivity contribution >= 4 is 23.8 Å². The molecular formula is C36H30F3IrN7P-3. The number of nitrogens with zero attached hydrogens (tertiary/aromatic N) is 7. The fourth-order valence-corrected chi connectivity index (χ4v) is 7.23. The van der Waals surface area contributed by atoms with Gasteiger partial charge < -0.3 is 30.6 Å². The molecule has 0 saturated heterocycles. The Balaban J connectivity index is 0.000000166. The molecule has 7 nitrogen and oxygen atoms in total. The van der Waals surface area contributed by atoms with Crippen molar-refractivity contribution in [2.45, 2.75) is 20.0 Å². The van der Waals surface area contributed by atoms with Crippen molar-refractivity contribution < 1.29 is 33.3 Å². The summed E-state index contributed by atoms with van der Waals surface area (Å²) in [6.07, 6.45) is -2.72. The van der Waals surface area contributed by atoms with Gasteiger partial charge in [0.15, 0.2) is 0 Å². The van der Waals surface area contributed by atoms with E-state index in [1.807, 2.05) is 31.2 Å². The number of benzene rings is 3. The van der Waals surface area contributed by atoms with Crippen LogP contribution in [0.25, 0.3) is 22.8 Å². The molecule has 12 heteroatoms. The normalized spacial score (nSPS) is 10.7. The maximum Gasteiger partial charge on any atom is 0.431 e. The Hall–Kier alpha value is -4.82. The van der Waals surface area contributed by atoms with E-state index in [0.717, 1.165) is 28.7 Å². The summed E-state index contributed by atoms with van der Waals surface area (Å²) in [5.74, 6) is 0. The van der Waals surface area contributed by atoms with Gasteiger partial charge in [0.1, 0.15) is 5.69 Å². The average molecular weight is 841 g/mol. The van der Waals surface area contributed by atoms with Crippen molar-refractivity contribution in [3.8, 4) is 22.8 Å². The van der Waals surface area contributed by atoms with Gasteiger partial charge in [-0.15, -0.1) is 17.5 Å². The van der Waals surface area contributed by atoms with Gasteiger partial charge in [-0.2, -0.15) is 31.7 Å². The Kier molecular flexibility index (Phi) is 12.6. The van der Waals surface area contributed by atoms with Crippen molar-refractivity contribution in [1.82, 2.24) is 35.6 Å². The molecule has 4 aromatic heterocycles. The Labute approximate surface area is 291 Å². The Morgan fingerprint density at radius 2 is 1.10 bits per heavy atom. The van der Waals surface area contributed by atoms with Crippen LogP contribution in [0.5, 0.6) is 0 Å². The predicted octanol–water partition coefficient (Wildman–Crippen LogP) is 6.15. The van der Waals surface area contributed by atoms with Crippen LogP contribution in [-0.2, 0) is 26.3 Å². The van der Waals surface area contributed by atoms with Crippen molar-refractivity contribution in [2.75, 3.05) is 0 Å². The van der Waals surface area contributed by atoms with E-state index in [1.165, 1.54) is 15.9 Å². The smallest absolute Gasteiger partial charge is 0.431 e. The molecule has 0 atom stereocenters. The Morgan fingerprint density at radius 1 is 0.604 bits per heavy atom. The van der Waals surface area contributed by atoms with Gasteiger partial charge in [-0.1, -0.05) is 72.4 Å². The first-order chi connectivity index (χ1) is 22.7. The Morgan fingerprint density at radius 3 is 1.58 bits per heavy atom. The minimum Gasteiger partial charge on any atom is -0.576 e. The van der Waals surface area contributed by atoms with Crippen molar-refractivity contribution in [1.29, 1.82) is 0 Å². The topological polar surface area (TPSA) is 93.9 Å². The van der Waals surface area contributed by atoms with Gasteiger partial charge in [0, 0.05) is 48.7 Å². The molecule has 7 aromatic rings. The number of halogens is 3. The van der Waals surface area contributed by atoms with Gasteiger partial charge in [-0.05, 0) is 56.3 Å². The molecule has 7 rings (SSSR count). The van der Waals surface area contributed by atoms with E-state index in [9.17, 15) is 13.2 Å². The predicted molar refractivity (Wildman–Crippen MR) is 180 cm³/mol. The van der Waals surface area contributed by atoms with E-state index in [4.69, 9.17) is 0 Å². The molecule has 0 N–H and O–H groups in total. The summed E-state index contributed by atoms with van der Waals surface area (Å²) in [6.45, 7) is 7.83. The van der Waals surface area contributed by atoms with Gasteiger partial charge in [0.25, 0.3) is 0 Å². The first kappa shape index (κ1) is 36.0. The largest absolute Gasteiger partial charge is 0.576 e. The summed E-state index contributed by atoms with van der Waals surface area (Å²) in [5, 5.41) is 25.8. The van der Waals surface area contributed by atoms with Crippen LogP contribution in [0.2, 0.25) is 0 Å². The summed E-state index contributed by atoms with van der Waals surface area (Å²) >= 11 is 0. The molecule has 4 heterocycles. The minimum absolute atomic E-state index is 0. The van der Waals surface area contributed by atoms with Gasteiger partial charge in [0.05, 0.1) is 18.5 Å². The number of hydrogen-bond acceptors (Lipinski definition) is 4. The molecule has 0 fully saturated rings. The van der Waals surface area contributed by atoms with Crippen LogP contribution < -0.4 is 31.2 Å². The first-order valence-electron chi connectivity index (χ1n) is 14.5. The third-order valence-electron chi connectivity index (χ3n) is 6.75. The third kappa shape index (κ3) is 9.61. The zero-order valence-corrected chi connectivity index (χ0v) is 29.3. The second-order valence-corrected chi connectivity index (χ2v) is 12.8. The second kappa shape index (κ2) is 16.8. The minimum atomic E-state index is -4.47. The molecule has 0 amide bonds. The summed E-state index contributed by atoms with van der Waals surface area (Å²) in [4.78, 5) is 4.16. The van der Waals surface area contributed by atoms with E-state index in [2.05, 4.69) is 127 Å². The molecule has 0 bridgehead atoms. The van der Waals surface area contributed by atoms with Gasteiger partial charge >= 0.3 is 6.18 Å². The van der Waals surface area contributed by atoms with E-state index in [1.54, 1.807) is 19.2 Å². The van der Waals surface area contributed by atoms with Crippen LogP contribution in [0, 0.1) is 20.8 Å². The van der Waals surface area contributed by atoms with E-state index < -0.39 is 19.8 Å². The summed E-state index contributed by atoms with van der Waals surface area (Å²) in [5.41, 5.74) is 3.77. The number of aromatic nitrogens is 7. The number of pyridine rings is 1. The Bertz CT molecular complexity index is 1940. The number of alkyl halides is 3. The molecular weight excluding hydrogens is 811 g/mol. The van der Waals surface area contributed by atoms with Crippen molar-refractivity contribution in [3.05, 3.63) is 157 Å². The zero-order valence-electron chi connectivity index (χ0n) is 25.9. The maximum absolute atomic E-state index is 12.2. The van der Waals surface area contributed by atoms with E-state index in [-0.39, 0.29) is 25.8 Å². The van der Waals surface area contributed by atoms with Crippen molar-refractivity contribution in [3.63, 3.8) is 0 Å². The van der Waals surface area contributed by atoms with Crippen LogP contribution in [0.15, 0.2) is 128 Å². The quantitative estimate of drug-likeness (QED) is 0.152. The van der Waals surface area contributed by atoms with Crippen LogP contribution >= 0.6 is 7.92 Å². The summed E-state index contributed by atoms with van der Waals surface area (Å²) < 4.78 is 36.6. The number of aryl methyl sites for hydroxylation is 2. The fraction of sp³-hybridized carbons (Fsp3) is 0.0833. The molecule has 0 spiro atoms. The number of rotatable bonds is 5. The van der Waals surface area contributed by atoms with E-state index in [0.29, 0.717) is 11.4 Å². The number of hydrogen-bond donors (Lipinski definition) is 0. The molecule has 0 saturated carbocycles. The molecule has 0 aliphatic heterocycles. The van der Waals surface area contributed by atoms with Gasteiger partial charge in [-0.25, -0.2) is 0 Å². The molecule has 3 aromatic carbocycles. The molecule has 1 radical (unpaired) electrons. The third-order valence-corrected chi connectivity index (χ3v) is 9.60. The van der Waals surface area contributed by atoms with Crippen molar-refractivity contribution in [2.24, 2.45) is 0 Å². The molecule has 0 unspecified atom stereocenters. The first-order valence-corrected chi connectivity index (χ1v) is 16.0. The second-order valence-electron chi connectivity index (χ2n) is 10.3. The molecule has 0 aliphatic carbocycles. The van der Waals surface area contributed by atoms with E-state index >= 15 is 0 Å². The summed E-state index contributed by atoms with van der Waals surface area (Å²) in [6, 6.07) is 40.1. The summed E-state index contributed by atoms with van der Waals surface area (Å²) in [7, 11) is -0.970. The zero-order chi connectivity index (χ0) is 33.2. The van der Waals surface area contributed by atoms with Gasteiger partial charge in [-0.3, -0.25) is 4.98 Å². The SMILES string of the molecule is Cc1cc(-c2cc(C(F)(F)F)n[n-]2)[n-]n1.Cc1cc(-c2ccccn2)[n-]n1.[CH2-]c1ccccc1[PH+](c1ccccc1)c1ccccc1.[Ir]. The molecule has 48 heavy (non-hydrogen) atoms. The van der Waals surface area contributed by atoms with Crippen LogP contribution in [-0.4, -0.2) is 20.3 Å². The maximum atomic E-state index is 12.2.